The molecule has 1 rings (SSSR count). The van der Waals surface area contributed by atoms with Gasteiger partial charge >= 0.3 is 6.18 Å². The number of hydrogen-bond donors (Lipinski definition) is 1. The van der Waals surface area contributed by atoms with Gasteiger partial charge in [-0.05, 0) is 26.7 Å². The maximum Gasteiger partial charge on any atom is 0.389 e. The molecule has 1 aliphatic heterocycles. The number of nitrogens with one attached hydrogen (secondary N) is 1. The van der Waals surface area contributed by atoms with Gasteiger partial charge in [-0.1, -0.05) is 13.8 Å². The Hall–Kier alpha value is -0.940. The molecule has 3 nitrogen and oxygen atoms in total. The first kappa shape index (κ1) is 17.1. The van der Waals surface area contributed by atoms with Gasteiger partial charge in [0.15, 0.2) is 5.96 Å². The third kappa shape index (κ3) is 3.79. The van der Waals surface area contributed by atoms with Crippen LogP contribution in [0.1, 0.15) is 47.0 Å². The number of halogens is 3. The Kier molecular flexibility index (Phi) is 4.98. The number of likely N-dealkylation sites (tertiary alicyclic amines) is 1. The van der Waals surface area contributed by atoms with Crippen LogP contribution >= 0.6 is 0 Å². The second-order valence-electron chi connectivity index (χ2n) is 6.58. The van der Waals surface area contributed by atoms with Crippen molar-refractivity contribution in [2.24, 2.45) is 10.4 Å². The van der Waals surface area contributed by atoms with E-state index in [1.807, 2.05) is 0 Å². The molecule has 1 aliphatic rings. The fourth-order valence-corrected chi connectivity index (χ4v) is 2.35. The van der Waals surface area contributed by atoms with E-state index in [-0.39, 0.29) is 17.4 Å². The zero-order chi connectivity index (χ0) is 15.6. The van der Waals surface area contributed by atoms with Crippen LogP contribution in [0, 0.1) is 5.41 Å². The molecule has 0 unspecified atom stereocenters. The molecule has 1 fully saturated rings. The predicted molar refractivity (Wildman–Crippen MR) is 75.8 cm³/mol. The van der Waals surface area contributed by atoms with Crippen LogP contribution < -0.4 is 5.32 Å². The predicted octanol–water partition coefficient (Wildman–Crippen LogP) is 3.41. The maximum atomic E-state index is 12.0. The van der Waals surface area contributed by atoms with Crippen molar-refractivity contribution >= 4 is 5.96 Å². The first-order chi connectivity index (χ1) is 9.01. The number of hydrogen-bond acceptors (Lipinski definition) is 1. The number of alkyl halides is 3. The summed E-state index contributed by atoms with van der Waals surface area (Å²) in [6.45, 7) is 10.2. The molecule has 1 saturated heterocycles. The summed E-state index contributed by atoms with van der Waals surface area (Å²) < 4.78 is 36.1. The maximum absolute atomic E-state index is 12.0. The highest BCUT2D eigenvalue weighted by Gasteiger charge is 2.53. The number of rotatable bonds is 4. The highest BCUT2D eigenvalue weighted by molar-refractivity contribution is 5.81. The molecular formula is C14H26F3N3. The molecule has 0 aromatic heterocycles. The minimum atomic E-state index is -4.05. The first-order valence-electron chi connectivity index (χ1n) is 7.06. The molecule has 0 aromatic rings. The van der Waals surface area contributed by atoms with E-state index in [0.29, 0.717) is 13.0 Å². The van der Waals surface area contributed by atoms with E-state index in [0.717, 1.165) is 12.5 Å². The second-order valence-corrected chi connectivity index (χ2v) is 6.58. The smallest absolute Gasteiger partial charge is 0.356 e. The summed E-state index contributed by atoms with van der Waals surface area (Å²) in [6.07, 6.45) is -4.11. The monoisotopic (exact) mass is 293 g/mol. The number of guanidine groups is 1. The fourth-order valence-electron chi connectivity index (χ4n) is 2.35. The van der Waals surface area contributed by atoms with Gasteiger partial charge in [-0.3, -0.25) is 4.99 Å². The molecule has 0 amide bonds. The molecule has 118 valence electrons. The molecule has 0 radical (unpaired) electrons. The summed E-state index contributed by atoms with van der Waals surface area (Å²) in [7, 11) is 1.71. The molecule has 0 spiro atoms. The average molecular weight is 293 g/mol. The molecule has 1 N–H and O–H groups in total. The van der Waals surface area contributed by atoms with Gasteiger partial charge in [0.05, 0.1) is 0 Å². The van der Waals surface area contributed by atoms with Crippen molar-refractivity contribution in [3.05, 3.63) is 0 Å². The van der Waals surface area contributed by atoms with Crippen molar-refractivity contribution in [3.8, 4) is 0 Å². The van der Waals surface area contributed by atoms with Crippen LogP contribution in [0.4, 0.5) is 13.2 Å². The van der Waals surface area contributed by atoms with E-state index < -0.39 is 12.6 Å². The van der Waals surface area contributed by atoms with Crippen molar-refractivity contribution in [1.82, 2.24) is 10.2 Å². The fraction of sp³-hybridized carbons (Fsp3) is 0.929. The Morgan fingerprint density at radius 2 is 1.80 bits per heavy atom. The van der Waals surface area contributed by atoms with Crippen molar-refractivity contribution in [1.29, 1.82) is 0 Å². The van der Waals surface area contributed by atoms with Crippen LogP contribution in [-0.2, 0) is 0 Å². The Bertz CT molecular complexity index is 359. The molecule has 0 saturated carbocycles. The molecule has 20 heavy (non-hydrogen) atoms. The standard InChI is InChI=1S/C14H26F3N3/c1-12(2)10-20(13(12,3)4)11(18-5)19-9-7-6-8-14(15,16)17/h6-10H2,1-5H3,(H,18,19). The van der Waals surface area contributed by atoms with Gasteiger partial charge < -0.3 is 10.2 Å². The third-order valence-electron chi connectivity index (χ3n) is 4.52. The lowest BCUT2D eigenvalue weighted by molar-refractivity contribution is -0.135. The normalized spacial score (nSPS) is 21.6. The Morgan fingerprint density at radius 1 is 1.20 bits per heavy atom. The first-order valence-corrected chi connectivity index (χ1v) is 7.06. The lowest BCUT2D eigenvalue weighted by Crippen LogP contribution is -2.72. The Balaban J connectivity index is 2.36. The van der Waals surface area contributed by atoms with Gasteiger partial charge in [-0.15, -0.1) is 0 Å². The quantitative estimate of drug-likeness (QED) is 0.488. The van der Waals surface area contributed by atoms with E-state index in [1.54, 1.807) is 7.05 Å². The van der Waals surface area contributed by atoms with Crippen molar-refractivity contribution in [2.75, 3.05) is 20.1 Å². The minimum absolute atomic E-state index is 0.000807. The largest absolute Gasteiger partial charge is 0.389 e. The molecule has 0 bridgehead atoms. The van der Waals surface area contributed by atoms with E-state index >= 15 is 0 Å². The number of nitrogens with zero attached hydrogens (tertiary/aromatic N) is 2. The zero-order valence-electron chi connectivity index (χ0n) is 13.1. The molecule has 6 heteroatoms. The van der Waals surface area contributed by atoms with E-state index in [1.165, 1.54) is 0 Å². The summed E-state index contributed by atoms with van der Waals surface area (Å²) in [4.78, 5) is 6.40. The van der Waals surface area contributed by atoms with Gasteiger partial charge in [-0.2, -0.15) is 13.2 Å². The van der Waals surface area contributed by atoms with Gasteiger partial charge in [0.1, 0.15) is 0 Å². The van der Waals surface area contributed by atoms with Crippen molar-refractivity contribution in [3.63, 3.8) is 0 Å². The van der Waals surface area contributed by atoms with Gasteiger partial charge in [-0.25, -0.2) is 0 Å². The van der Waals surface area contributed by atoms with Crippen LogP contribution in [0.15, 0.2) is 4.99 Å². The van der Waals surface area contributed by atoms with Crippen LogP contribution in [0.25, 0.3) is 0 Å². The molecule has 0 atom stereocenters. The number of aliphatic imine (C=N–C) groups is 1. The molecule has 1 heterocycles. The summed E-state index contributed by atoms with van der Waals surface area (Å²) in [5, 5.41) is 3.16. The Morgan fingerprint density at radius 3 is 2.20 bits per heavy atom. The van der Waals surface area contributed by atoms with Crippen LogP contribution in [0.3, 0.4) is 0 Å². The molecule has 0 aliphatic carbocycles. The van der Waals surface area contributed by atoms with E-state index in [9.17, 15) is 13.2 Å². The highest BCUT2D eigenvalue weighted by atomic mass is 19.4. The van der Waals surface area contributed by atoms with Gasteiger partial charge in [0.2, 0.25) is 0 Å². The van der Waals surface area contributed by atoms with Gasteiger partial charge in [0, 0.05) is 37.5 Å². The van der Waals surface area contributed by atoms with E-state index in [4.69, 9.17) is 0 Å². The van der Waals surface area contributed by atoms with Crippen LogP contribution in [0.5, 0.6) is 0 Å². The summed E-state index contributed by atoms with van der Waals surface area (Å²) >= 11 is 0. The average Bonchev–Trinajstić information content (AvgIpc) is 2.30. The lowest BCUT2D eigenvalue weighted by atomic mass is 9.65. The second kappa shape index (κ2) is 5.82. The molecular weight excluding hydrogens is 267 g/mol. The Labute approximate surface area is 119 Å². The van der Waals surface area contributed by atoms with Gasteiger partial charge in [0.25, 0.3) is 0 Å². The minimum Gasteiger partial charge on any atom is -0.356 e. The topological polar surface area (TPSA) is 27.6 Å². The highest BCUT2D eigenvalue weighted by Crippen LogP contribution is 2.46. The van der Waals surface area contributed by atoms with E-state index in [2.05, 4.69) is 42.9 Å². The summed E-state index contributed by atoms with van der Waals surface area (Å²) in [6, 6.07) is 0. The van der Waals surface area contributed by atoms with Crippen LogP contribution in [0.2, 0.25) is 0 Å². The summed E-state index contributed by atoms with van der Waals surface area (Å²) in [5.41, 5.74) is 0.210. The van der Waals surface area contributed by atoms with Crippen molar-refractivity contribution in [2.45, 2.75) is 58.7 Å². The third-order valence-corrected chi connectivity index (χ3v) is 4.52. The number of unbranched alkanes of at least 4 members (excludes halogenated alkanes) is 1. The summed E-state index contributed by atoms with van der Waals surface area (Å²) in [5.74, 6) is 0.779. The molecule has 0 aromatic carbocycles. The van der Waals surface area contributed by atoms with Crippen molar-refractivity contribution < 1.29 is 13.2 Å². The lowest BCUT2D eigenvalue weighted by Gasteiger charge is -2.62. The van der Waals surface area contributed by atoms with Crippen LogP contribution in [-0.4, -0.2) is 42.7 Å². The zero-order valence-corrected chi connectivity index (χ0v) is 13.1. The SMILES string of the molecule is CN=C(NCCCCC(F)(F)F)N1CC(C)(C)C1(C)C.